The lowest BCUT2D eigenvalue weighted by Gasteiger charge is -2.28. The van der Waals surface area contributed by atoms with Crippen molar-refractivity contribution in [2.45, 2.75) is 45.4 Å². The number of carbonyl (C=O) groups is 1. The van der Waals surface area contributed by atoms with Gasteiger partial charge in [-0.3, -0.25) is 4.79 Å². The minimum atomic E-state index is -0.00783. The van der Waals surface area contributed by atoms with E-state index in [-0.39, 0.29) is 11.8 Å². The van der Waals surface area contributed by atoms with Crippen molar-refractivity contribution in [1.82, 2.24) is 9.97 Å². The van der Waals surface area contributed by atoms with E-state index in [4.69, 9.17) is 4.98 Å². The van der Waals surface area contributed by atoms with E-state index in [0.29, 0.717) is 0 Å². The molecule has 1 aromatic heterocycles. The van der Waals surface area contributed by atoms with Crippen LogP contribution in [0.3, 0.4) is 0 Å². The average Bonchev–Trinajstić information content (AvgIpc) is 2.69. The van der Waals surface area contributed by atoms with Gasteiger partial charge in [0, 0.05) is 36.6 Å². The molecule has 136 valence electrons. The molecule has 1 atom stereocenters. The van der Waals surface area contributed by atoms with Crippen molar-refractivity contribution in [2.75, 3.05) is 23.3 Å². The number of anilines is 2. The van der Waals surface area contributed by atoms with Crippen LogP contribution in [0.2, 0.25) is 0 Å². The minimum absolute atomic E-state index is 0.00783. The summed E-state index contributed by atoms with van der Waals surface area (Å²) in [5.41, 5.74) is 4.24. The molecule has 1 aromatic carbocycles. The van der Waals surface area contributed by atoms with Gasteiger partial charge in [0.25, 0.3) is 0 Å². The SMILES string of the molecule is Cc1ccccc1NC(=O)C1CCc2nc(N3CCCCC3)ncc2C1. The predicted octanol–water partition coefficient (Wildman–Crippen LogP) is 3.52. The average molecular weight is 350 g/mol. The first-order chi connectivity index (χ1) is 12.7. The maximum atomic E-state index is 12.7. The summed E-state index contributed by atoms with van der Waals surface area (Å²) >= 11 is 0. The second-order valence-corrected chi connectivity index (χ2v) is 7.43. The van der Waals surface area contributed by atoms with Crippen molar-refractivity contribution >= 4 is 17.5 Å². The summed E-state index contributed by atoms with van der Waals surface area (Å²) in [6, 6.07) is 7.91. The zero-order valence-corrected chi connectivity index (χ0v) is 15.4. The molecule has 26 heavy (non-hydrogen) atoms. The number of fused-ring (bicyclic) bond motifs is 1. The summed E-state index contributed by atoms with van der Waals surface area (Å²) in [5, 5.41) is 3.09. The lowest BCUT2D eigenvalue weighted by molar-refractivity contribution is -0.120. The lowest BCUT2D eigenvalue weighted by Crippen LogP contribution is -2.32. The smallest absolute Gasteiger partial charge is 0.227 e. The molecule has 5 heteroatoms. The first-order valence-corrected chi connectivity index (χ1v) is 9.67. The third kappa shape index (κ3) is 3.57. The number of aryl methyl sites for hydroxylation is 2. The molecule has 0 saturated carbocycles. The molecular formula is C21H26N4O. The van der Waals surface area contributed by atoms with E-state index >= 15 is 0 Å². The van der Waals surface area contributed by atoms with Crippen molar-refractivity contribution in [3.63, 3.8) is 0 Å². The van der Waals surface area contributed by atoms with Gasteiger partial charge in [-0.05, 0) is 62.6 Å². The van der Waals surface area contributed by atoms with E-state index in [0.717, 1.165) is 60.8 Å². The fourth-order valence-electron chi connectivity index (χ4n) is 3.91. The van der Waals surface area contributed by atoms with E-state index in [1.54, 1.807) is 0 Å². The highest BCUT2D eigenvalue weighted by Gasteiger charge is 2.27. The number of hydrogen-bond donors (Lipinski definition) is 1. The van der Waals surface area contributed by atoms with E-state index in [9.17, 15) is 4.79 Å². The Hall–Kier alpha value is -2.43. The van der Waals surface area contributed by atoms with E-state index in [1.807, 2.05) is 37.4 Å². The van der Waals surface area contributed by atoms with Gasteiger partial charge in [-0.15, -0.1) is 0 Å². The van der Waals surface area contributed by atoms with Crippen molar-refractivity contribution in [1.29, 1.82) is 0 Å². The Balaban J connectivity index is 1.44. The molecule has 1 saturated heterocycles. The molecule has 4 rings (SSSR count). The van der Waals surface area contributed by atoms with Gasteiger partial charge in [0.15, 0.2) is 0 Å². The van der Waals surface area contributed by atoms with Crippen molar-refractivity contribution in [3.05, 3.63) is 47.3 Å². The fraction of sp³-hybridized carbons (Fsp3) is 0.476. The Labute approximate surface area is 154 Å². The number of hydrogen-bond acceptors (Lipinski definition) is 4. The monoisotopic (exact) mass is 350 g/mol. The van der Waals surface area contributed by atoms with Crippen molar-refractivity contribution in [3.8, 4) is 0 Å². The fourth-order valence-corrected chi connectivity index (χ4v) is 3.91. The summed E-state index contributed by atoms with van der Waals surface area (Å²) in [5.74, 6) is 0.961. The molecule has 0 radical (unpaired) electrons. The molecule has 1 aliphatic carbocycles. The van der Waals surface area contributed by atoms with Gasteiger partial charge >= 0.3 is 0 Å². The highest BCUT2D eigenvalue weighted by atomic mass is 16.1. The molecule has 1 N–H and O–H groups in total. The van der Waals surface area contributed by atoms with Gasteiger partial charge in [-0.2, -0.15) is 0 Å². The van der Waals surface area contributed by atoms with Gasteiger partial charge in [0.05, 0.1) is 0 Å². The number of piperidine rings is 1. The molecule has 1 unspecified atom stereocenters. The van der Waals surface area contributed by atoms with Gasteiger partial charge in [0.1, 0.15) is 0 Å². The third-order valence-corrected chi connectivity index (χ3v) is 5.55. The molecule has 2 heterocycles. The second-order valence-electron chi connectivity index (χ2n) is 7.43. The van der Waals surface area contributed by atoms with Crippen molar-refractivity contribution in [2.24, 2.45) is 5.92 Å². The normalized spacial score (nSPS) is 19.7. The number of rotatable bonds is 3. The van der Waals surface area contributed by atoms with Crippen molar-refractivity contribution < 1.29 is 4.79 Å². The first-order valence-electron chi connectivity index (χ1n) is 9.67. The summed E-state index contributed by atoms with van der Waals surface area (Å²) in [6.45, 7) is 4.13. The summed E-state index contributed by atoms with van der Waals surface area (Å²) < 4.78 is 0. The Morgan fingerprint density at radius 3 is 2.81 bits per heavy atom. The Kier molecular flexibility index (Phi) is 4.87. The molecular weight excluding hydrogens is 324 g/mol. The number of para-hydroxylation sites is 1. The zero-order chi connectivity index (χ0) is 17.9. The molecule has 5 nitrogen and oxygen atoms in total. The van der Waals surface area contributed by atoms with Crippen LogP contribution in [-0.2, 0) is 17.6 Å². The largest absolute Gasteiger partial charge is 0.341 e. The van der Waals surface area contributed by atoms with E-state index < -0.39 is 0 Å². The number of carbonyl (C=O) groups excluding carboxylic acids is 1. The Morgan fingerprint density at radius 2 is 2.00 bits per heavy atom. The predicted molar refractivity (Wildman–Crippen MR) is 103 cm³/mol. The molecule has 2 aromatic rings. The minimum Gasteiger partial charge on any atom is -0.341 e. The lowest BCUT2D eigenvalue weighted by atomic mass is 9.86. The van der Waals surface area contributed by atoms with E-state index in [1.165, 1.54) is 19.3 Å². The second kappa shape index (κ2) is 7.44. The maximum absolute atomic E-state index is 12.7. The van der Waals surface area contributed by atoms with Crippen LogP contribution in [0.5, 0.6) is 0 Å². The molecule has 1 fully saturated rings. The van der Waals surface area contributed by atoms with Gasteiger partial charge < -0.3 is 10.2 Å². The molecule has 2 aliphatic rings. The standard InChI is InChI=1S/C21H26N4O/c1-15-7-3-4-8-18(15)23-20(26)16-9-10-19-17(13-16)14-22-21(24-19)25-11-5-2-6-12-25/h3-4,7-8,14,16H,2,5-6,9-13H2,1H3,(H,23,26). The highest BCUT2D eigenvalue weighted by Crippen LogP contribution is 2.27. The van der Waals surface area contributed by atoms with Crippen LogP contribution in [0.15, 0.2) is 30.5 Å². The number of nitrogens with one attached hydrogen (secondary N) is 1. The maximum Gasteiger partial charge on any atom is 0.227 e. The Bertz CT molecular complexity index is 798. The van der Waals surface area contributed by atoms with Crippen LogP contribution in [0.25, 0.3) is 0 Å². The van der Waals surface area contributed by atoms with Crippen LogP contribution >= 0.6 is 0 Å². The summed E-state index contributed by atoms with van der Waals surface area (Å²) in [4.78, 5) is 24.4. The number of benzene rings is 1. The van der Waals surface area contributed by atoms with E-state index in [2.05, 4.69) is 15.2 Å². The van der Waals surface area contributed by atoms with Crippen LogP contribution in [-0.4, -0.2) is 29.0 Å². The zero-order valence-electron chi connectivity index (χ0n) is 15.4. The Morgan fingerprint density at radius 1 is 1.19 bits per heavy atom. The molecule has 0 spiro atoms. The first kappa shape index (κ1) is 17.0. The molecule has 1 aliphatic heterocycles. The van der Waals surface area contributed by atoms with Gasteiger partial charge in [0.2, 0.25) is 11.9 Å². The number of amides is 1. The number of aromatic nitrogens is 2. The summed E-state index contributed by atoms with van der Waals surface area (Å²) in [7, 11) is 0. The van der Waals surface area contributed by atoms with Crippen LogP contribution in [0.4, 0.5) is 11.6 Å². The number of nitrogens with zero attached hydrogens (tertiary/aromatic N) is 3. The molecule has 0 bridgehead atoms. The highest BCUT2D eigenvalue weighted by molar-refractivity contribution is 5.93. The quantitative estimate of drug-likeness (QED) is 0.920. The van der Waals surface area contributed by atoms with Crippen LogP contribution < -0.4 is 10.2 Å². The summed E-state index contributed by atoms with van der Waals surface area (Å²) in [6.07, 6.45) is 8.13. The topological polar surface area (TPSA) is 58.1 Å². The third-order valence-electron chi connectivity index (χ3n) is 5.55. The molecule has 1 amide bonds. The van der Waals surface area contributed by atoms with Crippen LogP contribution in [0.1, 0.15) is 42.5 Å². The van der Waals surface area contributed by atoms with Crippen LogP contribution in [0, 0.1) is 12.8 Å². The van der Waals surface area contributed by atoms with Gasteiger partial charge in [-0.1, -0.05) is 18.2 Å². The van der Waals surface area contributed by atoms with Gasteiger partial charge in [-0.25, -0.2) is 9.97 Å².